The van der Waals surface area contributed by atoms with Gasteiger partial charge < -0.3 is 10.2 Å². The summed E-state index contributed by atoms with van der Waals surface area (Å²) in [5.74, 6) is 0.311. The molecule has 0 radical (unpaired) electrons. The molecule has 0 aliphatic carbocycles. The van der Waals surface area contributed by atoms with Gasteiger partial charge in [0.2, 0.25) is 0 Å². The molecule has 0 atom stereocenters. The van der Waals surface area contributed by atoms with Gasteiger partial charge in [0.25, 0.3) is 0 Å². The number of hydrogen-bond acceptors (Lipinski definition) is 2. The van der Waals surface area contributed by atoms with Crippen molar-refractivity contribution in [2.75, 3.05) is 0 Å². The smallest absolute Gasteiger partial charge is 0.127 e. The highest BCUT2D eigenvalue weighted by atomic mass is 19.1. The fourth-order valence-electron chi connectivity index (χ4n) is 1.49. The van der Waals surface area contributed by atoms with E-state index in [1.165, 1.54) is 6.07 Å². The maximum atomic E-state index is 13.3. The van der Waals surface area contributed by atoms with Gasteiger partial charge in [-0.2, -0.15) is 0 Å². The molecule has 2 nitrogen and oxygen atoms in total. The average Bonchev–Trinajstić information content (AvgIpc) is 2.71. The van der Waals surface area contributed by atoms with Gasteiger partial charge in [0, 0.05) is 6.42 Å². The van der Waals surface area contributed by atoms with Gasteiger partial charge >= 0.3 is 0 Å². The van der Waals surface area contributed by atoms with Gasteiger partial charge in [0.15, 0.2) is 0 Å². The van der Waals surface area contributed by atoms with E-state index in [0.717, 1.165) is 12.1 Å². The Balaban J connectivity index is 2.22. The molecule has 0 saturated carbocycles. The van der Waals surface area contributed by atoms with Gasteiger partial charge in [-0.3, -0.25) is 0 Å². The topological polar surface area (TPSA) is 39.2 Å². The zero-order chi connectivity index (χ0) is 11.5. The fourth-order valence-corrected chi connectivity index (χ4v) is 1.49. The molecule has 1 heterocycles. The van der Waals surface area contributed by atoms with Crippen LogP contribution in [0.25, 0.3) is 0 Å². The summed E-state index contributed by atoms with van der Waals surface area (Å²) in [5.41, 5.74) is 5.66. The first-order valence-corrected chi connectivity index (χ1v) is 4.90. The van der Waals surface area contributed by atoms with E-state index >= 15 is 0 Å². The van der Waals surface area contributed by atoms with Crippen molar-refractivity contribution in [2.45, 2.75) is 13.0 Å². The number of furan rings is 1. The molecule has 0 fully saturated rings. The van der Waals surface area contributed by atoms with Crippen LogP contribution in [0.15, 0.2) is 34.7 Å². The van der Waals surface area contributed by atoms with Crippen LogP contribution in [0.3, 0.4) is 0 Å². The highest BCUT2D eigenvalue weighted by molar-refractivity contribution is 5.24. The minimum atomic E-state index is -0.456. The molecule has 0 amide bonds. The number of halogens is 2. The van der Waals surface area contributed by atoms with Crippen LogP contribution in [0.2, 0.25) is 0 Å². The molecule has 0 unspecified atom stereocenters. The number of rotatable bonds is 3. The lowest BCUT2D eigenvalue weighted by Crippen LogP contribution is -1.94. The molecule has 0 spiro atoms. The van der Waals surface area contributed by atoms with Crippen molar-refractivity contribution in [1.82, 2.24) is 0 Å². The van der Waals surface area contributed by atoms with Crippen molar-refractivity contribution >= 4 is 0 Å². The van der Waals surface area contributed by atoms with E-state index in [4.69, 9.17) is 10.2 Å². The van der Waals surface area contributed by atoms with Gasteiger partial charge in [-0.1, -0.05) is 0 Å². The summed E-state index contributed by atoms with van der Waals surface area (Å²) in [4.78, 5) is 0. The summed E-state index contributed by atoms with van der Waals surface area (Å²) >= 11 is 0. The van der Waals surface area contributed by atoms with E-state index in [2.05, 4.69) is 0 Å². The Bertz CT molecular complexity index is 494. The number of nitrogens with two attached hydrogens (primary N) is 1. The van der Waals surface area contributed by atoms with Crippen molar-refractivity contribution in [3.05, 3.63) is 59.1 Å². The number of benzene rings is 1. The summed E-state index contributed by atoms with van der Waals surface area (Å²) in [6, 6.07) is 6.81. The zero-order valence-corrected chi connectivity index (χ0v) is 8.54. The highest BCUT2D eigenvalue weighted by Gasteiger charge is 2.07. The Labute approximate surface area is 91.7 Å². The Morgan fingerprint density at radius 3 is 2.50 bits per heavy atom. The molecule has 2 aromatic rings. The summed E-state index contributed by atoms with van der Waals surface area (Å²) in [6.07, 6.45) is 0.226. The van der Waals surface area contributed by atoms with Gasteiger partial charge in [0.05, 0.1) is 6.54 Å². The first-order chi connectivity index (χ1) is 7.69. The quantitative estimate of drug-likeness (QED) is 0.868. The maximum Gasteiger partial charge on any atom is 0.127 e. The standard InChI is InChI=1S/C12H11F2NO/c13-9-1-4-12(14)8(5-9)6-10-2-3-11(7-15)16-10/h1-5H,6-7,15H2. The SMILES string of the molecule is NCc1ccc(Cc2cc(F)ccc2F)o1. The molecule has 16 heavy (non-hydrogen) atoms. The second kappa shape index (κ2) is 4.45. The first-order valence-electron chi connectivity index (χ1n) is 4.90. The van der Waals surface area contributed by atoms with Gasteiger partial charge in [-0.15, -0.1) is 0 Å². The minimum absolute atomic E-state index is 0.226. The normalized spacial score (nSPS) is 10.7. The molecular formula is C12H11F2NO. The Morgan fingerprint density at radius 1 is 1.06 bits per heavy atom. The predicted octanol–water partition coefficient (Wildman–Crippen LogP) is 2.61. The molecular weight excluding hydrogens is 212 g/mol. The summed E-state index contributed by atoms with van der Waals surface area (Å²) < 4.78 is 31.5. The highest BCUT2D eigenvalue weighted by Crippen LogP contribution is 2.16. The molecule has 2 rings (SSSR count). The Hall–Kier alpha value is -1.68. The van der Waals surface area contributed by atoms with E-state index in [1.807, 2.05) is 0 Å². The second-order valence-electron chi connectivity index (χ2n) is 3.48. The summed E-state index contributed by atoms with van der Waals surface area (Å²) in [5, 5.41) is 0. The van der Waals surface area contributed by atoms with Gasteiger partial charge in [-0.05, 0) is 35.9 Å². The maximum absolute atomic E-state index is 13.3. The van der Waals surface area contributed by atoms with E-state index in [-0.39, 0.29) is 12.0 Å². The fraction of sp³-hybridized carbons (Fsp3) is 0.167. The summed E-state index contributed by atoms with van der Waals surface area (Å²) in [7, 11) is 0. The van der Waals surface area contributed by atoms with Gasteiger partial charge in [-0.25, -0.2) is 8.78 Å². The summed E-state index contributed by atoms with van der Waals surface area (Å²) in [6.45, 7) is 0.297. The molecule has 0 aliphatic heterocycles. The third-order valence-corrected chi connectivity index (χ3v) is 2.29. The van der Waals surface area contributed by atoms with E-state index < -0.39 is 11.6 Å². The lowest BCUT2D eigenvalue weighted by atomic mass is 10.1. The number of hydrogen-bond donors (Lipinski definition) is 1. The van der Waals surface area contributed by atoms with Crippen molar-refractivity contribution < 1.29 is 13.2 Å². The monoisotopic (exact) mass is 223 g/mol. The third kappa shape index (κ3) is 2.28. The largest absolute Gasteiger partial charge is 0.464 e. The van der Waals surface area contributed by atoms with Crippen LogP contribution in [-0.4, -0.2) is 0 Å². The van der Waals surface area contributed by atoms with Crippen LogP contribution < -0.4 is 5.73 Å². The third-order valence-electron chi connectivity index (χ3n) is 2.29. The first kappa shape index (κ1) is 10.8. The molecule has 0 saturated heterocycles. The van der Waals surface area contributed by atoms with E-state index in [0.29, 0.717) is 18.1 Å². The minimum Gasteiger partial charge on any atom is -0.464 e. The van der Waals surface area contributed by atoms with Crippen LogP contribution in [0, 0.1) is 11.6 Å². The van der Waals surface area contributed by atoms with Crippen molar-refractivity contribution in [3.8, 4) is 0 Å². The molecule has 84 valence electrons. The molecule has 4 heteroatoms. The van der Waals surface area contributed by atoms with Crippen molar-refractivity contribution in [3.63, 3.8) is 0 Å². The van der Waals surface area contributed by atoms with Crippen LogP contribution >= 0.6 is 0 Å². The van der Waals surface area contributed by atoms with Gasteiger partial charge in [0.1, 0.15) is 23.2 Å². The average molecular weight is 223 g/mol. The molecule has 1 aromatic heterocycles. The van der Waals surface area contributed by atoms with Crippen LogP contribution in [0.4, 0.5) is 8.78 Å². The zero-order valence-electron chi connectivity index (χ0n) is 8.54. The van der Waals surface area contributed by atoms with Crippen molar-refractivity contribution in [2.24, 2.45) is 5.73 Å². The molecule has 2 N–H and O–H groups in total. The van der Waals surface area contributed by atoms with Crippen LogP contribution in [0.5, 0.6) is 0 Å². The predicted molar refractivity (Wildman–Crippen MR) is 55.8 cm³/mol. The van der Waals surface area contributed by atoms with E-state index in [1.54, 1.807) is 12.1 Å². The molecule has 0 aliphatic rings. The second-order valence-corrected chi connectivity index (χ2v) is 3.48. The van der Waals surface area contributed by atoms with Crippen LogP contribution in [-0.2, 0) is 13.0 Å². The lowest BCUT2D eigenvalue weighted by Gasteiger charge is -2.01. The Kier molecular flexibility index (Phi) is 3.01. The Morgan fingerprint density at radius 2 is 1.81 bits per heavy atom. The molecule has 1 aromatic carbocycles. The lowest BCUT2D eigenvalue weighted by molar-refractivity contribution is 0.471. The molecule has 0 bridgehead atoms. The van der Waals surface area contributed by atoms with Crippen molar-refractivity contribution in [1.29, 1.82) is 0 Å². The van der Waals surface area contributed by atoms with E-state index in [9.17, 15) is 8.78 Å². The van der Waals surface area contributed by atoms with Crippen LogP contribution in [0.1, 0.15) is 17.1 Å².